The minimum atomic E-state index is 0.671. The van der Waals surface area contributed by atoms with E-state index in [4.69, 9.17) is 0 Å². The van der Waals surface area contributed by atoms with Crippen molar-refractivity contribution in [1.82, 2.24) is 10.3 Å². The molecule has 0 aliphatic rings. The van der Waals surface area contributed by atoms with Crippen molar-refractivity contribution in [3.63, 3.8) is 0 Å². The standard InChI is InChI=1S/C18H24N2S/c1-14(2)11-19-12-16-9-6-10-20-18(16)21-13-17-8-5-4-7-15(17)3/h4-10,14,19H,11-13H2,1-3H3. The first kappa shape index (κ1) is 16.1. The van der Waals surface area contributed by atoms with Gasteiger partial charge in [-0.1, -0.05) is 44.2 Å². The van der Waals surface area contributed by atoms with E-state index in [2.05, 4.69) is 61.4 Å². The van der Waals surface area contributed by atoms with Gasteiger partial charge in [0.2, 0.25) is 0 Å². The second kappa shape index (κ2) is 8.20. The van der Waals surface area contributed by atoms with Crippen LogP contribution in [0.25, 0.3) is 0 Å². The van der Waals surface area contributed by atoms with Crippen molar-refractivity contribution < 1.29 is 0 Å². The van der Waals surface area contributed by atoms with Gasteiger partial charge in [-0.3, -0.25) is 0 Å². The molecule has 0 amide bonds. The van der Waals surface area contributed by atoms with E-state index in [0.29, 0.717) is 5.92 Å². The number of nitrogens with one attached hydrogen (secondary N) is 1. The zero-order valence-electron chi connectivity index (χ0n) is 13.1. The Morgan fingerprint density at radius 3 is 2.62 bits per heavy atom. The lowest BCUT2D eigenvalue weighted by molar-refractivity contribution is 0.549. The fraction of sp³-hybridized carbons (Fsp3) is 0.389. The molecule has 0 spiro atoms. The van der Waals surface area contributed by atoms with E-state index < -0.39 is 0 Å². The van der Waals surface area contributed by atoms with Crippen molar-refractivity contribution in [1.29, 1.82) is 0 Å². The molecule has 0 bridgehead atoms. The van der Waals surface area contributed by atoms with Crippen molar-refractivity contribution in [3.8, 4) is 0 Å². The number of rotatable bonds is 7. The zero-order chi connectivity index (χ0) is 15.1. The first-order valence-electron chi connectivity index (χ1n) is 7.48. The minimum Gasteiger partial charge on any atom is -0.312 e. The van der Waals surface area contributed by atoms with Gasteiger partial charge in [-0.05, 0) is 42.1 Å². The van der Waals surface area contributed by atoms with E-state index in [1.165, 1.54) is 16.7 Å². The molecular formula is C18H24N2S. The third kappa shape index (κ3) is 5.18. The van der Waals surface area contributed by atoms with E-state index in [9.17, 15) is 0 Å². The third-order valence-electron chi connectivity index (χ3n) is 3.34. The largest absolute Gasteiger partial charge is 0.312 e. The molecule has 0 aliphatic heterocycles. The van der Waals surface area contributed by atoms with Crippen LogP contribution >= 0.6 is 11.8 Å². The molecule has 0 saturated carbocycles. The summed E-state index contributed by atoms with van der Waals surface area (Å²) in [4.78, 5) is 4.54. The molecule has 21 heavy (non-hydrogen) atoms. The molecule has 2 nitrogen and oxygen atoms in total. The first-order chi connectivity index (χ1) is 10.2. The molecule has 1 aromatic carbocycles. The van der Waals surface area contributed by atoms with Gasteiger partial charge in [0, 0.05) is 18.5 Å². The van der Waals surface area contributed by atoms with Gasteiger partial charge >= 0.3 is 0 Å². The van der Waals surface area contributed by atoms with Crippen molar-refractivity contribution in [3.05, 3.63) is 59.3 Å². The van der Waals surface area contributed by atoms with Gasteiger partial charge in [-0.25, -0.2) is 4.98 Å². The molecule has 0 radical (unpaired) electrons. The molecule has 1 N–H and O–H groups in total. The van der Waals surface area contributed by atoms with E-state index in [0.717, 1.165) is 23.9 Å². The first-order valence-corrected chi connectivity index (χ1v) is 8.47. The van der Waals surface area contributed by atoms with Crippen molar-refractivity contribution in [2.75, 3.05) is 6.54 Å². The lowest BCUT2D eigenvalue weighted by Crippen LogP contribution is -2.19. The lowest BCUT2D eigenvalue weighted by Gasteiger charge is -2.11. The Labute approximate surface area is 132 Å². The summed E-state index contributed by atoms with van der Waals surface area (Å²) in [7, 11) is 0. The SMILES string of the molecule is Cc1ccccc1CSc1ncccc1CNCC(C)C. The van der Waals surface area contributed by atoms with Crippen LogP contribution in [0.5, 0.6) is 0 Å². The average molecular weight is 300 g/mol. The maximum atomic E-state index is 4.54. The van der Waals surface area contributed by atoms with Gasteiger partial charge in [0.25, 0.3) is 0 Å². The summed E-state index contributed by atoms with van der Waals surface area (Å²) in [5, 5.41) is 4.63. The third-order valence-corrected chi connectivity index (χ3v) is 4.44. The molecule has 2 rings (SSSR count). The Hall–Kier alpha value is -1.32. The maximum Gasteiger partial charge on any atom is 0.101 e. The van der Waals surface area contributed by atoms with Gasteiger partial charge in [0.1, 0.15) is 5.03 Å². The number of nitrogens with zero attached hydrogens (tertiary/aromatic N) is 1. The summed E-state index contributed by atoms with van der Waals surface area (Å²) in [5.41, 5.74) is 4.02. The number of pyridine rings is 1. The molecule has 112 valence electrons. The van der Waals surface area contributed by atoms with Crippen LogP contribution < -0.4 is 5.32 Å². The monoisotopic (exact) mass is 300 g/mol. The molecule has 0 aliphatic carbocycles. The van der Waals surface area contributed by atoms with Crippen molar-refractivity contribution in [2.45, 2.75) is 38.1 Å². The van der Waals surface area contributed by atoms with Gasteiger partial charge in [-0.15, -0.1) is 11.8 Å². The van der Waals surface area contributed by atoms with E-state index >= 15 is 0 Å². The summed E-state index contributed by atoms with van der Waals surface area (Å²) in [6.45, 7) is 8.55. The van der Waals surface area contributed by atoms with E-state index in [-0.39, 0.29) is 0 Å². The molecule has 0 saturated heterocycles. The van der Waals surface area contributed by atoms with Gasteiger partial charge in [0.15, 0.2) is 0 Å². The predicted octanol–water partition coefficient (Wildman–Crippen LogP) is 4.43. The van der Waals surface area contributed by atoms with Gasteiger partial charge in [-0.2, -0.15) is 0 Å². The maximum absolute atomic E-state index is 4.54. The Kier molecular flexibility index (Phi) is 6.27. The second-order valence-electron chi connectivity index (χ2n) is 5.71. The molecular weight excluding hydrogens is 276 g/mol. The normalized spacial score (nSPS) is 11.0. The molecule has 0 unspecified atom stereocenters. The van der Waals surface area contributed by atoms with Crippen molar-refractivity contribution >= 4 is 11.8 Å². The highest BCUT2D eigenvalue weighted by atomic mass is 32.2. The summed E-state index contributed by atoms with van der Waals surface area (Å²) < 4.78 is 0. The topological polar surface area (TPSA) is 24.9 Å². The molecule has 0 atom stereocenters. The van der Waals surface area contributed by atoms with Crippen LogP contribution in [0.4, 0.5) is 0 Å². The van der Waals surface area contributed by atoms with Crippen LogP contribution in [-0.4, -0.2) is 11.5 Å². The highest BCUT2D eigenvalue weighted by molar-refractivity contribution is 7.98. The highest BCUT2D eigenvalue weighted by Crippen LogP contribution is 2.25. The smallest absolute Gasteiger partial charge is 0.101 e. The zero-order valence-corrected chi connectivity index (χ0v) is 13.9. The van der Waals surface area contributed by atoms with Gasteiger partial charge in [0.05, 0.1) is 0 Å². The molecule has 0 fully saturated rings. The fourth-order valence-corrected chi connectivity index (χ4v) is 3.18. The predicted molar refractivity (Wildman–Crippen MR) is 91.5 cm³/mol. The number of hydrogen-bond acceptors (Lipinski definition) is 3. The van der Waals surface area contributed by atoms with Crippen LogP contribution in [-0.2, 0) is 12.3 Å². The van der Waals surface area contributed by atoms with Crippen LogP contribution in [0.15, 0.2) is 47.6 Å². The molecule has 3 heteroatoms. The van der Waals surface area contributed by atoms with Crippen LogP contribution in [0.1, 0.15) is 30.5 Å². The number of thioether (sulfide) groups is 1. The summed E-state index contributed by atoms with van der Waals surface area (Å²) >= 11 is 1.82. The molecule has 1 heterocycles. The van der Waals surface area contributed by atoms with E-state index in [1.807, 2.05) is 24.0 Å². The summed E-state index contributed by atoms with van der Waals surface area (Å²) in [6, 6.07) is 12.7. The second-order valence-corrected chi connectivity index (χ2v) is 6.67. The summed E-state index contributed by atoms with van der Waals surface area (Å²) in [6.07, 6.45) is 1.88. The van der Waals surface area contributed by atoms with Gasteiger partial charge < -0.3 is 5.32 Å². The Morgan fingerprint density at radius 2 is 1.86 bits per heavy atom. The number of aromatic nitrogens is 1. The van der Waals surface area contributed by atoms with Crippen LogP contribution in [0.2, 0.25) is 0 Å². The highest BCUT2D eigenvalue weighted by Gasteiger charge is 2.06. The molecule has 1 aromatic heterocycles. The number of aryl methyl sites for hydroxylation is 1. The summed E-state index contributed by atoms with van der Waals surface area (Å²) in [5.74, 6) is 1.64. The Balaban J connectivity index is 1.98. The van der Waals surface area contributed by atoms with Crippen LogP contribution in [0.3, 0.4) is 0 Å². The molecule has 2 aromatic rings. The quantitative estimate of drug-likeness (QED) is 0.766. The lowest BCUT2D eigenvalue weighted by atomic mass is 10.1. The Morgan fingerprint density at radius 1 is 1.10 bits per heavy atom. The van der Waals surface area contributed by atoms with Crippen LogP contribution in [0, 0.1) is 12.8 Å². The Bertz CT molecular complexity index is 567. The number of hydrogen-bond donors (Lipinski definition) is 1. The minimum absolute atomic E-state index is 0.671. The van der Waals surface area contributed by atoms with Crippen molar-refractivity contribution in [2.24, 2.45) is 5.92 Å². The fourth-order valence-electron chi connectivity index (χ4n) is 2.10. The van der Waals surface area contributed by atoms with E-state index in [1.54, 1.807) is 0 Å². The number of benzene rings is 1. The average Bonchev–Trinajstić information content (AvgIpc) is 2.47.